The molecule has 5 nitrogen and oxygen atoms in total. The molecule has 1 atom stereocenters. The third-order valence-electron chi connectivity index (χ3n) is 3.58. The van der Waals surface area contributed by atoms with Gasteiger partial charge in [0.1, 0.15) is 5.60 Å². The van der Waals surface area contributed by atoms with Gasteiger partial charge >= 0.3 is 12.3 Å². The second-order valence-corrected chi connectivity index (χ2v) is 6.70. The number of carbonyl (C=O) groups is 1. The molecular weight excluding hydrogens is 301 g/mol. The molecule has 8 heteroatoms. The molecular formula is C14H25F3N2O3. The smallest absolute Gasteiger partial charge is 0.415 e. The van der Waals surface area contributed by atoms with E-state index in [1.807, 2.05) is 0 Å². The average Bonchev–Trinajstić information content (AvgIpc) is 2.35. The summed E-state index contributed by atoms with van der Waals surface area (Å²) in [6.07, 6.45) is -6.24. The van der Waals surface area contributed by atoms with Gasteiger partial charge in [0.05, 0.1) is 0 Å². The lowest BCUT2D eigenvalue weighted by molar-refractivity contribution is -0.208. The van der Waals surface area contributed by atoms with E-state index in [0.29, 0.717) is 25.9 Å². The Bertz CT molecular complexity index is 375. The Morgan fingerprint density at radius 1 is 1.32 bits per heavy atom. The Morgan fingerprint density at radius 2 is 1.82 bits per heavy atom. The highest BCUT2D eigenvalue weighted by molar-refractivity contribution is 5.68. The number of likely N-dealkylation sites (N-methyl/N-ethyl adjacent to an activating group) is 1. The summed E-state index contributed by atoms with van der Waals surface area (Å²) >= 11 is 0. The highest BCUT2D eigenvalue weighted by Gasteiger charge is 2.40. The molecule has 0 aromatic carbocycles. The van der Waals surface area contributed by atoms with Crippen LogP contribution in [0.25, 0.3) is 0 Å². The van der Waals surface area contributed by atoms with Gasteiger partial charge in [-0.25, -0.2) is 4.79 Å². The predicted octanol–water partition coefficient (Wildman–Crippen LogP) is 2.24. The first-order valence-corrected chi connectivity index (χ1v) is 7.33. The number of ether oxygens (including phenoxy) is 1. The molecule has 0 aromatic rings. The molecule has 1 N–H and O–H groups in total. The number of aliphatic hydroxyl groups excluding tert-OH is 1. The van der Waals surface area contributed by atoms with E-state index in [9.17, 15) is 18.0 Å². The number of hydrogen-bond acceptors (Lipinski definition) is 4. The van der Waals surface area contributed by atoms with Crippen LogP contribution in [-0.4, -0.2) is 71.6 Å². The summed E-state index contributed by atoms with van der Waals surface area (Å²) in [5.41, 5.74) is -0.568. The van der Waals surface area contributed by atoms with Gasteiger partial charge in [-0.2, -0.15) is 13.2 Å². The van der Waals surface area contributed by atoms with Crippen molar-refractivity contribution in [3.05, 3.63) is 0 Å². The van der Waals surface area contributed by atoms with Crippen LogP contribution in [0.2, 0.25) is 0 Å². The summed E-state index contributed by atoms with van der Waals surface area (Å²) in [6.45, 7) is 5.76. The maximum Gasteiger partial charge on any atom is 0.415 e. The SMILES string of the molecule is CN(CC(O)C(F)(F)F)C1CCN(C(=O)OC(C)(C)C)CC1. The molecule has 0 bridgehead atoms. The quantitative estimate of drug-likeness (QED) is 0.864. The van der Waals surface area contributed by atoms with E-state index in [4.69, 9.17) is 9.84 Å². The van der Waals surface area contributed by atoms with E-state index in [-0.39, 0.29) is 6.04 Å². The molecule has 1 aliphatic heterocycles. The zero-order valence-corrected chi connectivity index (χ0v) is 13.5. The summed E-state index contributed by atoms with van der Waals surface area (Å²) in [4.78, 5) is 15.0. The van der Waals surface area contributed by atoms with Gasteiger partial charge in [-0.05, 0) is 40.7 Å². The molecule has 0 saturated carbocycles. The van der Waals surface area contributed by atoms with E-state index < -0.39 is 30.5 Å². The standard InChI is InChI=1S/C14H25F3N2O3/c1-13(2,3)22-12(21)19-7-5-10(6-8-19)18(4)9-11(20)14(15,16)17/h10-11,20H,5-9H2,1-4H3. The maximum absolute atomic E-state index is 12.4. The molecule has 0 radical (unpaired) electrons. The molecule has 0 spiro atoms. The Hall–Kier alpha value is -1.02. The molecule has 22 heavy (non-hydrogen) atoms. The van der Waals surface area contributed by atoms with Crippen LogP contribution < -0.4 is 0 Å². The lowest BCUT2D eigenvalue weighted by Crippen LogP contribution is -2.49. The third kappa shape index (κ3) is 6.00. The van der Waals surface area contributed by atoms with Crippen LogP contribution in [-0.2, 0) is 4.74 Å². The number of carbonyl (C=O) groups excluding carboxylic acids is 1. The number of alkyl halides is 3. The molecule has 1 fully saturated rings. The van der Waals surface area contributed by atoms with Gasteiger partial charge in [0.15, 0.2) is 6.10 Å². The molecule has 1 heterocycles. The minimum absolute atomic E-state index is 0.0873. The number of aliphatic hydroxyl groups is 1. The normalized spacial score (nSPS) is 19.4. The van der Waals surface area contributed by atoms with Gasteiger partial charge in [-0.3, -0.25) is 0 Å². The zero-order chi connectivity index (χ0) is 17.1. The van der Waals surface area contributed by atoms with Crippen molar-refractivity contribution >= 4 is 6.09 Å². The van der Waals surface area contributed by atoms with Gasteiger partial charge in [0.2, 0.25) is 0 Å². The topological polar surface area (TPSA) is 53.0 Å². The lowest BCUT2D eigenvalue weighted by atomic mass is 10.0. The highest BCUT2D eigenvalue weighted by atomic mass is 19.4. The Morgan fingerprint density at radius 3 is 2.23 bits per heavy atom. The molecule has 1 aliphatic rings. The van der Waals surface area contributed by atoms with E-state index >= 15 is 0 Å². The maximum atomic E-state index is 12.4. The Balaban J connectivity index is 2.43. The van der Waals surface area contributed by atoms with Crippen molar-refractivity contribution in [1.82, 2.24) is 9.80 Å². The zero-order valence-electron chi connectivity index (χ0n) is 13.5. The van der Waals surface area contributed by atoms with Crippen molar-refractivity contribution in [3.8, 4) is 0 Å². The van der Waals surface area contributed by atoms with Crippen LogP contribution in [0.1, 0.15) is 33.6 Å². The summed E-state index contributed by atoms with van der Waals surface area (Å²) < 4.78 is 42.3. The number of halogens is 3. The van der Waals surface area contributed by atoms with E-state index in [1.165, 1.54) is 4.90 Å². The fourth-order valence-corrected chi connectivity index (χ4v) is 2.34. The molecule has 1 rings (SSSR count). The number of rotatable bonds is 3. The van der Waals surface area contributed by atoms with Gasteiger partial charge < -0.3 is 19.6 Å². The van der Waals surface area contributed by atoms with Crippen LogP contribution in [0.15, 0.2) is 0 Å². The van der Waals surface area contributed by atoms with Crippen LogP contribution in [0, 0.1) is 0 Å². The number of amides is 1. The van der Waals surface area contributed by atoms with Crippen LogP contribution in [0.3, 0.4) is 0 Å². The number of nitrogens with zero attached hydrogens (tertiary/aromatic N) is 2. The first kappa shape index (κ1) is 19.0. The Kier molecular flexibility index (Phi) is 6.09. The lowest BCUT2D eigenvalue weighted by Gasteiger charge is -2.38. The summed E-state index contributed by atoms with van der Waals surface area (Å²) in [7, 11) is 1.56. The largest absolute Gasteiger partial charge is 0.444 e. The molecule has 0 aromatic heterocycles. The van der Waals surface area contributed by atoms with E-state index in [0.717, 1.165) is 0 Å². The van der Waals surface area contributed by atoms with Crippen molar-refractivity contribution in [1.29, 1.82) is 0 Å². The summed E-state index contributed by atoms with van der Waals surface area (Å²) in [5, 5.41) is 9.10. The summed E-state index contributed by atoms with van der Waals surface area (Å²) in [5.74, 6) is 0. The van der Waals surface area contributed by atoms with Gasteiger partial charge in [-0.1, -0.05) is 0 Å². The average molecular weight is 326 g/mol. The predicted molar refractivity (Wildman–Crippen MR) is 75.5 cm³/mol. The number of likely N-dealkylation sites (tertiary alicyclic amines) is 1. The van der Waals surface area contributed by atoms with Crippen molar-refractivity contribution in [2.24, 2.45) is 0 Å². The Labute approximate surface area is 129 Å². The first-order valence-electron chi connectivity index (χ1n) is 7.33. The van der Waals surface area contributed by atoms with E-state index in [2.05, 4.69) is 0 Å². The van der Waals surface area contributed by atoms with Crippen molar-refractivity contribution in [2.45, 2.75) is 57.5 Å². The molecule has 1 saturated heterocycles. The van der Waals surface area contributed by atoms with Crippen LogP contribution >= 0.6 is 0 Å². The molecule has 0 aliphatic carbocycles. The monoisotopic (exact) mass is 326 g/mol. The molecule has 130 valence electrons. The minimum atomic E-state index is -4.61. The first-order chi connectivity index (χ1) is 9.90. The van der Waals surface area contributed by atoms with Gasteiger partial charge in [-0.15, -0.1) is 0 Å². The minimum Gasteiger partial charge on any atom is -0.444 e. The van der Waals surface area contributed by atoms with Crippen molar-refractivity contribution in [2.75, 3.05) is 26.7 Å². The number of hydrogen-bond donors (Lipinski definition) is 1. The molecule has 1 amide bonds. The van der Waals surface area contributed by atoms with Crippen LogP contribution in [0.5, 0.6) is 0 Å². The fraction of sp³-hybridized carbons (Fsp3) is 0.929. The number of piperidine rings is 1. The van der Waals surface area contributed by atoms with Gasteiger partial charge in [0, 0.05) is 25.7 Å². The third-order valence-corrected chi connectivity index (χ3v) is 3.58. The second kappa shape index (κ2) is 7.04. The van der Waals surface area contributed by atoms with E-state index in [1.54, 1.807) is 32.7 Å². The molecule has 1 unspecified atom stereocenters. The second-order valence-electron chi connectivity index (χ2n) is 6.70. The summed E-state index contributed by atoms with van der Waals surface area (Å²) in [6, 6.07) is -0.0873. The fourth-order valence-electron chi connectivity index (χ4n) is 2.34. The van der Waals surface area contributed by atoms with Crippen molar-refractivity contribution < 1.29 is 27.8 Å². The van der Waals surface area contributed by atoms with Crippen LogP contribution in [0.4, 0.5) is 18.0 Å². The van der Waals surface area contributed by atoms with Crippen molar-refractivity contribution in [3.63, 3.8) is 0 Å². The highest BCUT2D eigenvalue weighted by Crippen LogP contribution is 2.23. The van der Waals surface area contributed by atoms with Gasteiger partial charge in [0.25, 0.3) is 0 Å².